The minimum Gasteiger partial charge on any atom is -0.404 e. The monoisotopic (exact) mass is 432 g/mol. The van der Waals surface area contributed by atoms with Crippen molar-refractivity contribution in [2.24, 2.45) is 5.41 Å². The van der Waals surface area contributed by atoms with Gasteiger partial charge in [0.25, 0.3) is 10.0 Å². The highest BCUT2D eigenvalue weighted by molar-refractivity contribution is 7.89. The number of hydrogen-bond acceptors (Lipinski definition) is 5. The number of allylic oxidation sites excluding steroid dienone is 4. The molecule has 1 aromatic rings. The average molecular weight is 432 g/mol. The van der Waals surface area contributed by atoms with E-state index in [1.807, 2.05) is 0 Å². The molecule has 6 nitrogen and oxygen atoms in total. The van der Waals surface area contributed by atoms with Gasteiger partial charge in [0, 0.05) is 11.4 Å². The van der Waals surface area contributed by atoms with Gasteiger partial charge in [-0.15, -0.1) is 13.2 Å². The highest BCUT2D eigenvalue weighted by atomic mass is 32.2. The number of halogens is 3. The molecule has 2 N–H and O–H groups in total. The third-order valence-electron chi connectivity index (χ3n) is 4.45. The van der Waals surface area contributed by atoms with Crippen LogP contribution in [0, 0.1) is 5.41 Å². The molecule has 160 valence electrons. The Labute approximate surface area is 167 Å². The number of hydrogen-bond donors (Lipinski definition) is 2. The summed E-state index contributed by atoms with van der Waals surface area (Å²) in [5.41, 5.74) is 1.31. The number of ether oxygens (including phenoxy) is 2. The highest BCUT2D eigenvalue weighted by Crippen LogP contribution is 2.37. The summed E-state index contributed by atoms with van der Waals surface area (Å²) in [5.74, 6) is -0.777. The van der Waals surface area contributed by atoms with Crippen LogP contribution in [0.25, 0.3) is 0 Å². The van der Waals surface area contributed by atoms with Crippen molar-refractivity contribution in [1.82, 2.24) is 10.0 Å². The molecule has 0 amide bonds. The van der Waals surface area contributed by atoms with Gasteiger partial charge in [-0.05, 0) is 42.5 Å². The first-order valence-corrected chi connectivity index (χ1v) is 10.5. The quantitative estimate of drug-likeness (QED) is 0.669. The summed E-state index contributed by atoms with van der Waals surface area (Å²) >= 11 is 0. The number of nitrogens with one attached hydrogen (secondary N) is 2. The van der Waals surface area contributed by atoms with Gasteiger partial charge in [0.1, 0.15) is 16.7 Å². The van der Waals surface area contributed by atoms with E-state index < -0.39 is 27.0 Å². The topological polar surface area (TPSA) is 80.0 Å². The highest BCUT2D eigenvalue weighted by Gasteiger charge is 2.47. The lowest BCUT2D eigenvalue weighted by Crippen LogP contribution is -2.28. The molecule has 1 saturated heterocycles. The second kappa shape index (κ2) is 7.56. The number of epoxide rings is 1. The number of alkyl halides is 3. The van der Waals surface area contributed by atoms with Gasteiger partial charge in [0.15, 0.2) is 6.23 Å². The van der Waals surface area contributed by atoms with Gasteiger partial charge in [0.2, 0.25) is 0 Å². The molecule has 2 unspecified atom stereocenters. The molecule has 1 aliphatic heterocycles. The Kier molecular flexibility index (Phi) is 5.61. The van der Waals surface area contributed by atoms with E-state index in [1.165, 1.54) is 12.1 Å². The van der Waals surface area contributed by atoms with Crippen LogP contribution < -0.4 is 14.8 Å². The smallest absolute Gasteiger partial charge is 0.404 e. The molecule has 0 saturated carbocycles. The van der Waals surface area contributed by atoms with E-state index in [4.69, 9.17) is 4.74 Å². The van der Waals surface area contributed by atoms with E-state index in [-0.39, 0.29) is 17.7 Å². The van der Waals surface area contributed by atoms with Crippen molar-refractivity contribution in [2.75, 3.05) is 0 Å². The SMILES string of the molecule is CC(C)(C)C1OC1NC1=CC=C(NS(=O)(=O)c2ccccc2OC(F)(F)F)CC1. The Morgan fingerprint density at radius 3 is 2.24 bits per heavy atom. The molecule has 0 bridgehead atoms. The molecule has 0 aromatic heterocycles. The first-order chi connectivity index (χ1) is 13.4. The summed E-state index contributed by atoms with van der Waals surface area (Å²) in [7, 11) is -4.24. The molecule has 1 aliphatic carbocycles. The van der Waals surface area contributed by atoms with E-state index in [0.29, 0.717) is 18.5 Å². The van der Waals surface area contributed by atoms with Crippen LogP contribution >= 0.6 is 0 Å². The molecular formula is C19H23F3N2O4S. The van der Waals surface area contributed by atoms with Gasteiger partial charge >= 0.3 is 6.36 Å². The predicted molar refractivity (Wildman–Crippen MR) is 100 cm³/mol. The molecule has 10 heteroatoms. The van der Waals surface area contributed by atoms with Crippen LogP contribution in [0.5, 0.6) is 5.75 Å². The number of rotatable bonds is 6. The van der Waals surface area contributed by atoms with Crippen molar-refractivity contribution in [3.8, 4) is 5.75 Å². The molecule has 3 rings (SSSR count). The molecule has 0 radical (unpaired) electrons. The fourth-order valence-corrected chi connectivity index (χ4v) is 4.27. The second-order valence-electron chi connectivity index (χ2n) is 7.97. The molecule has 0 spiro atoms. The molecule has 2 aliphatic rings. The minimum atomic E-state index is -4.99. The minimum absolute atomic E-state index is 0.0232. The van der Waals surface area contributed by atoms with Crippen LogP contribution in [0.1, 0.15) is 33.6 Å². The van der Waals surface area contributed by atoms with Gasteiger partial charge < -0.3 is 14.8 Å². The Bertz CT molecular complexity index is 934. The van der Waals surface area contributed by atoms with Crippen molar-refractivity contribution < 1.29 is 31.1 Å². The summed E-state index contributed by atoms with van der Waals surface area (Å²) < 4.78 is 74.6. The Morgan fingerprint density at radius 2 is 1.69 bits per heavy atom. The van der Waals surface area contributed by atoms with Crippen molar-refractivity contribution in [2.45, 2.75) is 57.2 Å². The third kappa shape index (κ3) is 5.66. The first kappa shape index (κ1) is 21.5. The lowest BCUT2D eigenvalue weighted by Gasteiger charge is -2.19. The summed E-state index contributed by atoms with van der Waals surface area (Å²) in [6.45, 7) is 6.26. The fourth-order valence-electron chi connectivity index (χ4n) is 3.01. The van der Waals surface area contributed by atoms with Crippen LogP contribution in [0.3, 0.4) is 0 Å². The molecule has 1 heterocycles. The fraction of sp³-hybridized carbons (Fsp3) is 0.474. The maximum atomic E-state index is 12.6. The Balaban J connectivity index is 1.68. The van der Waals surface area contributed by atoms with Crippen molar-refractivity contribution in [3.05, 3.63) is 47.8 Å². The van der Waals surface area contributed by atoms with Crippen LogP contribution in [-0.2, 0) is 14.8 Å². The first-order valence-electron chi connectivity index (χ1n) is 9.04. The van der Waals surface area contributed by atoms with E-state index in [1.54, 1.807) is 12.2 Å². The third-order valence-corrected chi connectivity index (χ3v) is 5.90. The van der Waals surface area contributed by atoms with Crippen molar-refractivity contribution >= 4 is 10.0 Å². The van der Waals surface area contributed by atoms with Crippen LogP contribution in [0.4, 0.5) is 13.2 Å². The molecule has 29 heavy (non-hydrogen) atoms. The lowest BCUT2D eigenvalue weighted by molar-refractivity contribution is -0.275. The number of sulfonamides is 1. The molecule has 2 atom stereocenters. The normalized spacial score (nSPS) is 22.4. The summed E-state index contributed by atoms with van der Waals surface area (Å²) in [6.07, 6.45) is -0.698. The Hall–Kier alpha value is -2.20. The predicted octanol–water partition coefficient (Wildman–Crippen LogP) is 3.79. The van der Waals surface area contributed by atoms with E-state index in [0.717, 1.165) is 17.8 Å². The largest absolute Gasteiger partial charge is 0.573 e. The zero-order valence-electron chi connectivity index (χ0n) is 16.2. The van der Waals surface area contributed by atoms with E-state index in [9.17, 15) is 21.6 Å². The van der Waals surface area contributed by atoms with Crippen LogP contribution in [0.2, 0.25) is 0 Å². The summed E-state index contributed by atoms with van der Waals surface area (Å²) in [5, 5.41) is 3.27. The van der Waals surface area contributed by atoms with Gasteiger partial charge in [-0.1, -0.05) is 32.9 Å². The van der Waals surface area contributed by atoms with Gasteiger partial charge in [-0.3, -0.25) is 4.72 Å². The van der Waals surface area contributed by atoms with Gasteiger partial charge in [0.05, 0.1) is 0 Å². The number of para-hydroxylation sites is 1. The maximum Gasteiger partial charge on any atom is 0.573 e. The summed E-state index contributed by atoms with van der Waals surface area (Å²) in [6, 6.07) is 4.62. The zero-order chi connectivity index (χ0) is 21.4. The lowest BCUT2D eigenvalue weighted by atomic mass is 9.91. The van der Waals surface area contributed by atoms with Crippen LogP contribution in [0.15, 0.2) is 52.7 Å². The van der Waals surface area contributed by atoms with Gasteiger partial charge in [-0.25, -0.2) is 8.42 Å². The molecule has 1 fully saturated rings. The standard InChI is InChI=1S/C19H23F3N2O4S/c1-18(2,3)16-17(27-16)23-12-8-10-13(11-9-12)24-29(25,26)15-7-5-4-6-14(15)28-19(20,21)22/h4-8,10,16-17,23-24H,9,11H2,1-3H3. The molecular weight excluding hydrogens is 409 g/mol. The van der Waals surface area contributed by atoms with Crippen molar-refractivity contribution in [3.63, 3.8) is 0 Å². The Morgan fingerprint density at radius 1 is 1.07 bits per heavy atom. The average Bonchev–Trinajstić information content (AvgIpc) is 3.35. The van der Waals surface area contributed by atoms with Crippen LogP contribution in [-0.4, -0.2) is 27.1 Å². The number of benzene rings is 1. The van der Waals surface area contributed by atoms with Crippen molar-refractivity contribution in [1.29, 1.82) is 0 Å². The molecule has 1 aromatic carbocycles. The second-order valence-corrected chi connectivity index (χ2v) is 9.62. The zero-order valence-corrected chi connectivity index (χ0v) is 17.0. The van der Waals surface area contributed by atoms with E-state index >= 15 is 0 Å². The maximum absolute atomic E-state index is 12.6. The van der Waals surface area contributed by atoms with E-state index in [2.05, 4.69) is 35.5 Å². The van der Waals surface area contributed by atoms with Gasteiger partial charge in [-0.2, -0.15) is 0 Å². The summed E-state index contributed by atoms with van der Waals surface area (Å²) in [4.78, 5) is -0.578.